The number of carbonyl (C=O) groups is 3. The van der Waals surface area contributed by atoms with Gasteiger partial charge in [-0.3, -0.25) is 4.57 Å². The van der Waals surface area contributed by atoms with Gasteiger partial charge in [-0.1, -0.05) is 97.0 Å². The van der Waals surface area contributed by atoms with Crippen molar-refractivity contribution in [3.8, 4) is 51.7 Å². The average Bonchev–Trinajstić information content (AvgIpc) is 1.80. The van der Waals surface area contributed by atoms with Gasteiger partial charge in [0.1, 0.15) is 94.6 Å². The first-order valence-corrected chi connectivity index (χ1v) is 34.1. The number of esters is 3. The van der Waals surface area contributed by atoms with Gasteiger partial charge in [-0.2, -0.15) is 0 Å². The fraction of sp³-hybridized carbons (Fsp3) is 0.328. The summed E-state index contributed by atoms with van der Waals surface area (Å²) < 4.78 is 101. The molecule has 0 amide bonds. The Morgan fingerprint density at radius 3 is 1.04 bits per heavy atom. The first-order chi connectivity index (χ1) is 44.2. The van der Waals surface area contributed by atoms with Crippen molar-refractivity contribution < 1.29 is 114 Å². The second-order valence-electron chi connectivity index (χ2n) is 21.6. The summed E-state index contributed by atoms with van der Waals surface area (Å²) in [5, 5.41) is 31.9. The summed E-state index contributed by atoms with van der Waals surface area (Å²) in [6.45, 7) is 11.4. The van der Waals surface area contributed by atoms with Crippen LogP contribution in [0.5, 0.6) is 51.7 Å². The van der Waals surface area contributed by atoms with E-state index in [-0.39, 0.29) is 106 Å². The molecule has 27 heteroatoms. The smallest absolute Gasteiger partial charge is 0.456 e. The number of methoxy groups -OCH3 is 3. The Hall–Kier alpha value is -8.40. The monoisotopic (exact) mass is 1360 g/mol. The van der Waals surface area contributed by atoms with Gasteiger partial charge in [0, 0.05) is 33.4 Å². The van der Waals surface area contributed by atoms with Crippen molar-refractivity contribution in [3.63, 3.8) is 0 Å². The molecule has 0 saturated carbocycles. The highest BCUT2D eigenvalue weighted by Gasteiger charge is 2.35. The molecule has 0 bridgehead atoms. The standard InChI is InChI=1S/C28H29O8P.C22H25O8P.C16H21O8P.CH4/c1-19(14-15-23-26(29)25-24(17-34-28(25)30)20(2)27(23)32-3)16-33-18-37(31,35-21-10-6-4-7-11-21)36-22-12-8-5-9-13-22;1-14(11-28-13-31(25,26)30-16-7-5-4-6-8-16)9-10-17-20(23)19-18(12-29-22(19)24)15(2)21(17)27-3;1-9(6-23-8-25(19,20)21)4-5-11-14(17)13-12(7-24-16(13)18)10(2)15(11)22-3;/h4-14,29H,15-18H2,1-3H3;4-9,23H,10-13H2,1-3H3,(H,25,26);4,17H,5-8H2,1-3H3,(H2,19,20,21);1H4/b19-14+;14-9+;9-4+;. The second-order valence-corrected chi connectivity index (χ2v) is 26.7. The maximum Gasteiger partial charge on any atom is 0.456 e. The molecular formula is C67H79O24P3. The SMILES string of the molecule is C.COc1c(C)c2c(c(O)c1C/C=C(\C)COCP(=O)(O)O)C(=O)OC2.COc1c(C)c2c(c(O)c1C/C=C(\C)COCP(=O)(O)Oc1ccccc1)C(=O)OC2.COc1c(C)c2c(c(O)c1C/C=C(\C)COCP(=O)(Oc1ccccc1)Oc1ccccc1)C(=O)OC2. The summed E-state index contributed by atoms with van der Waals surface area (Å²) in [5.74, 6) is 0.473. The fourth-order valence-electron chi connectivity index (χ4n) is 10.1. The van der Waals surface area contributed by atoms with Crippen LogP contribution >= 0.6 is 22.8 Å². The molecule has 6 aromatic carbocycles. The van der Waals surface area contributed by atoms with Crippen LogP contribution in [0.25, 0.3) is 0 Å². The van der Waals surface area contributed by atoms with Crippen molar-refractivity contribution in [1.29, 1.82) is 0 Å². The zero-order valence-corrected chi connectivity index (χ0v) is 55.4. The van der Waals surface area contributed by atoms with Crippen LogP contribution in [0.15, 0.2) is 126 Å². The van der Waals surface area contributed by atoms with Crippen molar-refractivity contribution in [2.75, 3.05) is 60.2 Å². The Morgan fingerprint density at radius 1 is 0.457 bits per heavy atom. The number of rotatable bonds is 27. The number of phenolic OH excluding ortho intramolecular Hbond substituents is 3. The minimum Gasteiger partial charge on any atom is -0.507 e. The van der Waals surface area contributed by atoms with Gasteiger partial charge >= 0.3 is 40.7 Å². The highest BCUT2D eigenvalue weighted by atomic mass is 31.2. The molecule has 1 unspecified atom stereocenters. The van der Waals surface area contributed by atoms with Gasteiger partial charge in [-0.05, 0) is 114 Å². The highest BCUT2D eigenvalue weighted by Crippen LogP contribution is 2.50. The highest BCUT2D eigenvalue weighted by molar-refractivity contribution is 7.54. The van der Waals surface area contributed by atoms with Gasteiger partial charge in [0.25, 0.3) is 0 Å². The topological polar surface area (TPSA) is 335 Å². The van der Waals surface area contributed by atoms with Crippen molar-refractivity contribution in [2.24, 2.45) is 0 Å². The molecule has 3 aliphatic heterocycles. The number of fused-ring (bicyclic) bond motifs is 3. The van der Waals surface area contributed by atoms with E-state index in [2.05, 4.69) is 0 Å². The van der Waals surface area contributed by atoms with Gasteiger partial charge < -0.3 is 86.2 Å². The number of aromatic hydroxyl groups is 3. The lowest BCUT2D eigenvalue weighted by Gasteiger charge is -2.20. The summed E-state index contributed by atoms with van der Waals surface area (Å²) in [7, 11) is -7.35. The van der Waals surface area contributed by atoms with E-state index in [1.807, 2.05) is 39.0 Å². The largest absolute Gasteiger partial charge is 0.507 e. The van der Waals surface area contributed by atoms with Gasteiger partial charge in [0.05, 0.1) is 41.2 Å². The molecule has 0 fully saturated rings. The molecule has 0 aromatic heterocycles. The number of hydrogen-bond donors (Lipinski definition) is 6. The Morgan fingerprint density at radius 2 is 0.745 bits per heavy atom. The molecule has 6 aromatic rings. The minimum absolute atomic E-state index is 0. The molecule has 3 aliphatic rings. The Balaban J connectivity index is 0.000000227. The van der Waals surface area contributed by atoms with Crippen LogP contribution in [0.3, 0.4) is 0 Å². The third-order valence-corrected chi connectivity index (χ3v) is 17.6. The fourth-order valence-corrected chi connectivity index (χ4v) is 12.6. The molecule has 506 valence electrons. The molecule has 0 radical (unpaired) electrons. The first kappa shape index (κ1) is 74.6. The lowest BCUT2D eigenvalue weighted by molar-refractivity contribution is 0.0523. The maximum absolute atomic E-state index is 13.5. The number of phenols is 3. The lowest BCUT2D eigenvalue weighted by Crippen LogP contribution is -2.09. The Bertz CT molecular complexity index is 3890. The Kier molecular flexibility index (Phi) is 26.7. The van der Waals surface area contributed by atoms with E-state index < -0.39 is 53.4 Å². The van der Waals surface area contributed by atoms with Gasteiger partial charge in [-0.15, -0.1) is 0 Å². The van der Waals surface area contributed by atoms with Crippen molar-refractivity contribution in [2.45, 2.75) is 88.1 Å². The van der Waals surface area contributed by atoms with E-state index >= 15 is 0 Å². The van der Waals surface area contributed by atoms with Crippen molar-refractivity contribution >= 4 is 40.7 Å². The van der Waals surface area contributed by atoms with Crippen molar-refractivity contribution in [1.82, 2.24) is 0 Å². The van der Waals surface area contributed by atoms with Crippen LogP contribution in [0.1, 0.15) is 109 Å². The summed E-state index contributed by atoms with van der Waals surface area (Å²) in [4.78, 5) is 63.4. The van der Waals surface area contributed by atoms with Crippen LogP contribution in [0.4, 0.5) is 0 Å². The molecular weight excluding hydrogens is 1280 g/mol. The Labute approximate surface area is 545 Å². The number of para-hydroxylation sites is 3. The van der Waals surface area contributed by atoms with Crippen LogP contribution in [-0.4, -0.2) is 108 Å². The van der Waals surface area contributed by atoms with Crippen molar-refractivity contribution in [3.05, 3.63) is 193 Å². The zero-order chi connectivity index (χ0) is 67.8. The second kappa shape index (κ2) is 33.6. The maximum atomic E-state index is 13.5. The first-order valence-electron chi connectivity index (χ1n) is 28.8. The summed E-state index contributed by atoms with van der Waals surface area (Å²) in [5.41, 5.74) is 8.36. The minimum atomic E-state index is -4.20. The summed E-state index contributed by atoms with van der Waals surface area (Å²) >= 11 is 0. The van der Waals surface area contributed by atoms with E-state index in [9.17, 15) is 48.3 Å². The third kappa shape index (κ3) is 19.4. The molecule has 0 saturated heterocycles. The third-order valence-electron chi connectivity index (χ3n) is 14.6. The number of allylic oxidation sites excluding steroid dienone is 3. The number of benzene rings is 6. The lowest BCUT2D eigenvalue weighted by atomic mass is 9.95. The van der Waals surface area contributed by atoms with Gasteiger partial charge in [0.2, 0.25) is 0 Å². The van der Waals surface area contributed by atoms with E-state index in [1.165, 1.54) is 21.3 Å². The predicted octanol–water partition coefficient (Wildman–Crippen LogP) is 13.0. The van der Waals surface area contributed by atoms with E-state index in [1.54, 1.807) is 112 Å². The summed E-state index contributed by atoms with van der Waals surface area (Å²) in [6.07, 6.45) is 4.83. The molecule has 9 rings (SSSR count). The molecule has 3 heterocycles. The zero-order valence-electron chi connectivity index (χ0n) is 52.8. The molecule has 24 nitrogen and oxygen atoms in total. The van der Waals surface area contributed by atoms with Crippen LogP contribution < -0.4 is 27.8 Å². The van der Waals surface area contributed by atoms with Crippen LogP contribution in [-0.2, 0) is 81.2 Å². The number of hydrogen-bond acceptors (Lipinski definition) is 21. The van der Waals surface area contributed by atoms with E-state index in [0.29, 0.717) is 68.5 Å². The quantitative estimate of drug-likeness (QED) is 0.0121. The van der Waals surface area contributed by atoms with Gasteiger partial charge in [-0.25, -0.2) is 23.5 Å². The average molecular weight is 1360 g/mol. The molecule has 94 heavy (non-hydrogen) atoms. The number of cyclic esters (lactones) is 3. The number of ether oxygens (including phenoxy) is 9. The molecule has 6 N–H and O–H groups in total. The molecule has 0 spiro atoms. The van der Waals surface area contributed by atoms with Gasteiger partial charge in [0.15, 0.2) is 12.7 Å². The predicted molar refractivity (Wildman–Crippen MR) is 348 cm³/mol. The normalized spacial score (nSPS) is 14.0. The molecule has 1 atom stereocenters. The van der Waals surface area contributed by atoms with E-state index in [0.717, 1.165) is 33.4 Å². The number of carbonyl (C=O) groups excluding carboxylic acids is 3. The van der Waals surface area contributed by atoms with Crippen LogP contribution in [0, 0.1) is 20.8 Å². The summed E-state index contributed by atoms with van der Waals surface area (Å²) in [6, 6.07) is 25.9. The van der Waals surface area contributed by atoms with E-state index in [4.69, 9.17) is 66.0 Å². The van der Waals surface area contributed by atoms with Crippen LogP contribution in [0.2, 0.25) is 0 Å². The molecule has 0 aliphatic carbocycles.